The molecule has 2 rings (SSSR count). The number of rotatable bonds is 3. The molecule has 20 heavy (non-hydrogen) atoms. The van der Waals surface area contributed by atoms with Crippen LogP contribution in [-0.4, -0.2) is 24.7 Å². The van der Waals surface area contributed by atoms with Crippen LogP contribution in [-0.2, 0) is 10.0 Å². The molecular weight excluding hydrogens is 306 g/mol. The van der Waals surface area contributed by atoms with Crippen LogP contribution in [0.1, 0.15) is 0 Å². The van der Waals surface area contributed by atoms with Gasteiger partial charge < -0.3 is 9.90 Å². The number of carboxylic acid groups (broad SMARTS) is 1. The van der Waals surface area contributed by atoms with E-state index in [9.17, 15) is 18.3 Å². The van der Waals surface area contributed by atoms with Gasteiger partial charge in [-0.25, -0.2) is 4.31 Å². The van der Waals surface area contributed by atoms with E-state index in [1.165, 1.54) is 30.3 Å². The molecule has 0 atom stereocenters. The van der Waals surface area contributed by atoms with Gasteiger partial charge in [0.1, 0.15) is 0 Å². The number of carbonyl (C=O) groups is 1. The van der Waals surface area contributed by atoms with Gasteiger partial charge in [-0.1, -0.05) is 29.8 Å². The number of halogens is 1. The molecule has 0 N–H and O–H groups in total. The molecular formula is C11H7ClN3O4S-. The van der Waals surface area contributed by atoms with Gasteiger partial charge in [-0.05, 0) is 24.3 Å². The smallest absolute Gasteiger partial charge is 0.289 e. The number of para-hydroxylation sites is 1. The van der Waals surface area contributed by atoms with Crippen molar-refractivity contribution >= 4 is 33.4 Å². The first-order chi connectivity index (χ1) is 9.43. The highest BCUT2D eigenvalue weighted by Crippen LogP contribution is 2.21. The molecule has 0 spiro atoms. The van der Waals surface area contributed by atoms with Crippen molar-refractivity contribution in [3.63, 3.8) is 0 Å². The maximum atomic E-state index is 12.2. The van der Waals surface area contributed by atoms with Crippen molar-refractivity contribution in [2.45, 2.75) is 5.03 Å². The number of anilines is 1. The van der Waals surface area contributed by atoms with Crippen molar-refractivity contribution in [3.05, 3.63) is 47.6 Å². The summed E-state index contributed by atoms with van der Waals surface area (Å²) in [6.07, 6.45) is -1.90. The number of hydrogen-bond donors (Lipinski definition) is 0. The highest BCUT2D eigenvalue weighted by molar-refractivity contribution is 7.93. The van der Waals surface area contributed by atoms with Crippen LogP contribution >= 0.6 is 11.6 Å². The summed E-state index contributed by atoms with van der Waals surface area (Å²) in [6.45, 7) is 0. The van der Waals surface area contributed by atoms with E-state index in [1.807, 2.05) is 0 Å². The quantitative estimate of drug-likeness (QED) is 0.825. The summed E-state index contributed by atoms with van der Waals surface area (Å²) in [5.41, 5.74) is -0.0794. The fraction of sp³-hybridized carbons (Fsp3) is 0. The minimum absolute atomic E-state index is 0.0105. The van der Waals surface area contributed by atoms with Crippen LogP contribution in [0.5, 0.6) is 0 Å². The maximum absolute atomic E-state index is 12.2. The molecule has 104 valence electrons. The summed E-state index contributed by atoms with van der Waals surface area (Å²) in [6, 6.07) is 9.49. The summed E-state index contributed by atoms with van der Waals surface area (Å²) in [7, 11) is -4.43. The van der Waals surface area contributed by atoms with E-state index in [4.69, 9.17) is 11.6 Å². The Morgan fingerprint density at radius 3 is 2.25 bits per heavy atom. The Morgan fingerprint density at radius 2 is 1.75 bits per heavy atom. The summed E-state index contributed by atoms with van der Waals surface area (Å²) in [4.78, 5) is 11.1. The number of carbonyl (C=O) groups excluding carboxylic acids is 1. The first-order valence-corrected chi connectivity index (χ1v) is 7.05. The average molecular weight is 313 g/mol. The number of benzene rings is 1. The van der Waals surface area contributed by atoms with Gasteiger partial charge >= 0.3 is 0 Å². The molecule has 7 nitrogen and oxygen atoms in total. The summed E-state index contributed by atoms with van der Waals surface area (Å²) in [5.74, 6) is 0. The van der Waals surface area contributed by atoms with E-state index in [-0.39, 0.29) is 15.1 Å². The van der Waals surface area contributed by atoms with Crippen LogP contribution in [0.2, 0.25) is 5.15 Å². The molecule has 1 aromatic heterocycles. The van der Waals surface area contributed by atoms with Gasteiger partial charge in [0.2, 0.25) is 0 Å². The van der Waals surface area contributed by atoms with Crippen molar-refractivity contribution < 1.29 is 18.3 Å². The molecule has 0 aliphatic carbocycles. The second kappa shape index (κ2) is 5.43. The Hall–Kier alpha value is -2.19. The Bertz CT molecular complexity index is 719. The van der Waals surface area contributed by atoms with Gasteiger partial charge in [0.05, 0.1) is 5.69 Å². The van der Waals surface area contributed by atoms with Crippen LogP contribution in [0.4, 0.5) is 10.5 Å². The van der Waals surface area contributed by atoms with Crippen molar-refractivity contribution in [1.82, 2.24) is 10.2 Å². The number of hydrogen-bond acceptors (Lipinski definition) is 6. The topological polar surface area (TPSA) is 103 Å². The molecule has 0 unspecified atom stereocenters. The summed E-state index contributed by atoms with van der Waals surface area (Å²) >= 11 is 5.51. The van der Waals surface area contributed by atoms with E-state index in [0.717, 1.165) is 6.07 Å². The van der Waals surface area contributed by atoms with E-state index in [1.54, 1.807) is 6.07 Å². The number of nitrogens with zero attached hydrogens (tertiary/aromatic N) is 3. The molecule has 0 saturated carbocycles. The van der Waals surface area contributed by atoms with Gasteiger partial charge in [-0.2, -0.15) is 8.42 Å². The minimum Gasteiger partial charge on any atom is -0.529 e. The summed E-state index contributed by atoms with van der Waals surface area (Å²) in [5, 5.41) is 17.3. The zero-order valence-electron chi connectivity index (χ0n) is 9.80. The van der Waals surface area contributed by atoms with Gasteiger partial charge in [0.15, 0.2) is 16.3 Å². The third-order valence-electron chi connectivity index (χ3n) is 2.27. The first-order valence-electron chi connectivity index (χ1n) is 5.23. The second-order valence-corrected chi connectivity index (χ2v) is 5.69. The van der Waals surface area contributed by atoms with E-state index in [0.29, 0.717) is 0 Å². The van der Waals surface area contributed by atoms with Crippen molar-refractivity contribution in [3.8, 4) is 0 Å². The Morgan fingerprint density at radius 1 is 1.10 bits per heavy atom. The van der Waals surface area contributed by atoms with E-state index < -0.39 is 21.1 Å². The molecule has 0 fully saturated rings. The molecule has 0 bridgehead atoms. The molecule has 0 radical (unpaired) electrons. The molecule has 0 saturated heterocycles. The predicted molar refractivity (Wildman–Crippen MR) is 68.5 cm³/mol. The predicted octanol–water partition coefficient (Wildman–Crippen LogP) is 0.669. The number of aromatic nitrogens is 2. The zero-order valence-corrected chi connectivity index (χ0v) is 11.4. The molecule has 0 aliphatic heterocycles. The fourth-order valence-electron chi connectivity index (χ4n) is 1.44. The molecule has 1 aromatic carbocycles. The van der Waals surface area contributed by atoms with Gasteiger partial charge in [-0.3, -0.25) is 0 Å². The van der Waals surface area contributed by atoms with E-state index >= 15 is 0 Å². The highest BCUT2D eigenvalue weighted by atomic mass is 35.5. The molecule has 0 aliphatic rings. The highest BCUT2D eigenvalue weighted by Gasteiger charge is 2.27. The zero-order chi connectivity index (χ0) is 14.8. The normalized spacial score (nSPS) is 11.1. The summed E-state index contributed by atoms with van der Waals surface area (Å²) < 4.78 is 24.6. The van der Waals surface area contributed by atoms with Crippen molar-refractivity contribution in [2.24, 2.45) is 0 Å². The average Bonchev–Trinajstić information content (AvgIpc) is 2.39. The Balaban J connectivity index is 2.54. The van der Waals surface area contributed by atoms with Crippen LogP contribution in [0.3, 0.4) is 0 Å². The number of sulfonamides is 1. The SMILES string of the molecule is O=C([O-])N(c1ccccc1)S(=O)(=O)c1ccc(Cl)nn1. The second-order valence-electron chi connectivity index (χ2n) is 3.57. The third-order valence-corrected chi connectivity index (χ3v) is 4.06. The van der Waals surface area contributed by atoms with E-state index in [2.05, 4.69) is 10.2 Å². The van der Waals surface area contributed by atoms with Crippen LogP contribution in [0, 0.1) is 0 Å². The molecule has 9 heteroatoms. The van der Waals surface area contributed by atoms with Gasteiger partial charge in [0, 0.05) is 0 Å². The lowest BCUT2D eigenvalue weighted by atomic mass is 10.3. The third kappa shape index (κ3) is 2.70. The lowest BCUT2D eigenvalue weighted by molar-refractivity contribution is -0.244. The molecule has 1 heterocycles. The van der Waals surface area contributed by atoms with Crippen LogP contribution < -0.4 is 9.41 Å². The monoisotopic (exact) mass is 312 g/mol. The van der Waals surface area contributed by atoms with Crippen LogP contribution in [0.25, 0.3) is 0 Å². The lowest BCUT2D eigenvalue weighted by Crippen LogP contribution is -2.45. The lowest BCUT2D eigenvalue weighted by Gasteiger charge is -2.23. The minimum atomic E-state index is -4.43. The van der Waals surface area contributed by atoms with Crippen molar-refractivity contribution in [2.75, 3.05) is 4.31 Å². The fourth-order valence-corrected chi connectivity index (χ4v) is 2.71. The molecule has 1 amide bonds. The first kappa shape index (κ1) is 14.2. The van der Waals surface area contributed by atoms with Gasteiger partial charge in [-0.15, -0.1) is 10.2 Å². The van der Waals surface area contributed by atoms with Crippen LogP contribution in [0.15, 0.2) is 47.5 Å². The van der Waals surface area contributed by atoms with Crippen molar-refractivity contribution in [1.29, 1.82) is 0 Å². The van der Waals surface area contributed by atoms with Gasteiger partial charge in [0.25, 0.3) is 10.0 Å². The standard InChI is InChI=1S/C11H8ClN3O4S/c12-9-6-7-10(14-13-9)20(18,19)15(11(16)17)8-4-2-1-3-5-8/h1-7H,(H,16,17)/p-1. The Kier molecular flexibility index (Phi) is 3.86. The molecule has 2 aromatic rings. The Labute approximate surface area is 119 Å². The maximum Gasteiger partial charge on any atom is 0.289 e. The number of amides is 1. The largest absolute Gasteiger partial charge is 0.529 e.